The van der Waals surface area contributed by atoms with Crippen LogP contribution >= 0.6 is 0 Å². The van der Waals surface area contributed by atoms with Crippen molar-refractivity contribution in [1.29, 1.82) is 0 Å². The first kappa shape index (κ1) is 30.5. The quantitative estimate of drug-likeness (QED) is 0.211. The zero-order chi connectivity index (χ0) is 31.4. The molecule has 45 heavy (non-hydrogen) atoms. The summed E-state index contributed by atoms with van der Waals surface area (Å²) in [6.45, 7) is 4.08. The van der Waals surface area contributed by atoms with Gasteiger partial charge >= 0.3 is 6.03 Å². The fourth-order valence-electron chi connectivity index (χ4n) is 5.34. The number of amides is 2. The maximum atomic E-state index is 14.2. The number of carbonyl (C=O) groups excluding carboxylic acids is 1. The molecule has 2 fully saturated rings. The molecule has 2 aromatic heterocycles. The molecule has 2 aliphatic rings. The molecule has 2 aromatic carbocycles. The molecule has 0 radical (unpaired) electrons. The van der Waals surface area contributed by atoms with Gasteiger partial charge in [0.05, 0.1) is 17.1 Å². The summed E-state index contributed by atoms with van der Waals surface area (Å²) in [5, 5.41) is 2.63. The average Bonchev–Trinajstić information content (AvgIpc) is 3.88. The summed E-state index contributed by atoms with van der Waals surface area (Å²) in [4.78, 5) is 26.1. The van der Waals surface area contributed by atoms with E-state index in [-0.39, 0.29) is 17.3 Å². The SMILES string of the molecule is Cc1ccc(NC(=O)N(c2cccc(F)c2)C2CCN(Cc3ccc(Oc4ccc(NS(=O)(=O)C5CC5)cc4)nc3)CC2)cn1. The Morgan fingerprint density at radius 1 is 0.956 bits per heavy atom. The van der Waals surface area contributed by atoms with Gasteiger partial charge in [-0.1, -0.05) is 12.1 Å². The molecule has 1 aliphatic carbocycles. The number of rotatable bonds is 10. The minimum atomic E-state index is -3.31. The van der Waals surface area contributed by atoms with Crippen molar-refractivity contribution in [3.05, 3.63) is 102 Å². The molecule has 6 rings (SSSR count). The Morgan fingerprint density at radius 2 is 1.71 bits per heavy atom. The van der Waals surface area contributed by atoms with Gasteiger partial charge in [0, 0.05) is 55.0 Å². The van der Waals surface area contributed by atoms with Crippen molar-refractivity contribution in [3.63, 3.8) is 0 Å². The van der Waals surface area contributed by atoms with E-state index in [0.717, 1.165) is 37.2 Å². The molecule has 4 aromatic rings. The molecule has 0 unspecified atom stereocenters. The van der Waals surface area contributed by atoms with E-state index < -0.39 is 15.8 Å². The number of likely N-dealkylation sites (tertiary alicyclic amines) is 1. The summed E-state index contributed by atoms with van der Waals surface area (Å²) in [6, 6.07) is 19.9. The van der Waals surface area contributed by atoms with Crippen molar-refractivity contribution >= 4 is 33.1 Å². The van der Waals surface area contributed by atoms with E-state index in [9.17, 15) is 17.6 Å². The molecule has 1 aliphatic heterocycles. The van der Waals surface area contributed by atoms with E-state index in [0.29, 0.717) is 48.1 Å². The Bertz CT molecular complexity index is 1720. The first-order valence-electron chi connectivity index (χ1n) is 15.0. The van der Waals surface area contributed by atoms with Crippen LogP contribution in [0.25, 0.3) is 0 Å². The maximum absolute atomic E-state index is 14.2. The van der Waals surface area contributed by atoms with Crippen LogP contribution in [0.4, 0.5) is 26.2 Å². The lowest BCUT2D eigenvalue weighted by molar-refractivity contribution is 0.199. The monoisotopic (exact) mass is 630 g/mol. The number of hydrogen-bond donors (Lipinski definition) is 2. The lowest BCUT2D eigenvalue weighted by atomic mass is 10.0. The summed E-state index contributed by atoms with van der Waals surface area (Å²) >= 11 is 0. The third kappa shape index (κ3) is 7.95. The van der Waals surface area contributed by atoms with Gasteiger partial charge in [0.2, 0.25) is 15.9 Å². The Kier molecular flexibility index (Phi) is 8.95. The molecule has 0 spiro atoms. The number of benzene rings is 2. The highest BCUT2D eigenvalue weighted by atomic mass is 32.2. The number of ether oxygens (including phenoxy) is 1. The number of pyridine rings is 2. The maximum Gasteiger partial charge on any atom is 0.326 e. The van der Waals surface area contributed by atoms with Gasteiger partial charge in [-0.25, -0.2) is 22.6 Å². The molecule has 10 nitrogen and oxygen atoms in total. The number of nitrogens with zero attached hydrogens (tertiary/aromatic N) is 4. The summed E-state index contributed by atoms with van der Waals surface area (Å²) in [7, 11) is -3.31. The average molecular weight is 631 g/mol. The lowest BCUT2D eigenvalue weighted by Gasteiger charge is -2.38. The normalized spacial score (nSPS) is 15.8. The number of urea groups is 1. The second-order valence-corrected chi connectivity index (χ2v) is 13.4. The number of sulfonamides is 1. The van der Waals surface area contributed by atoms with Crippen molar-refractivity contribution in [2.45, 2.75) is 50.4 Å². The van der Waals surface area contributed by atoms with Crippen molar-refractivity contribution in [3.8, 4) is 11.6 Å². The molecule has 2 amide bonds. The fourth-order valence-corrected chi connectivity index (χ4v) is 6.73. The topological polar surface area (TPSA) is 117 Å². The first-order chi connectivity index (χ1) is 21.7. The Morgan fingerprint density at radius 3 is 2.36 bits per heavy atom. The molecule has 234 valence electrons. The second-order valence-electron chi connectivity index (χ2n) is 11.5. The number of halogens is 1. The standard InChI is InChI=1S/C33H35FN6O4S/c1-23-5-7-27(21-35-23)37-33(41)40(29-4-2-3-25(34)19-29)28-15-17-39(18-16-28)22-24-6-14-32(36-20-24)44-30-10-8-26(9-11-30)38-45(42,43)31-12-13-31/h2-11,14,19-21,28,31,38H,12-13,15-18,22H2,1H3,(H,37,41). The van der Waals surface area contributed by atoms with E-state index in [2.05, 4.69) is 24.9 Å². The van der Waals surface area contributed by atoms with Gasteiger partial charge in [0.1, 0.15) is 11.6 Å². The van der Waals surface area contributed by atoms with Crippen LogP contribution in [-0.4, -0.2) is 53.7 Å². The summed E-state index contributed by atoms with van der Waals surface area (Å²) in [6.07, 6.45) is 6.24. The minimum Gasteiger partial charge on any atom is -0.439 e. The second kappa shape index (κ2) is 13.2. The van der Waals surface area contributed by atoms with Crippen LogP contribution in [0.5, 0.6) is 11.6 Å². The number of nitrogens with one attached hydrogen (secondary N) is 2. The van der Waals surface area contributed by atoms with Crippen molar-refractivity contribution < 1.29 is 22.3 Å². The van der Waals surface area contributed by atoms with Crippen molar-refractivity contribution in [1.82, 2.24) is 14.9 Å². The van der Waals surface area contributed by atoms with E-state index >= 15 is 0 Å². The third-order valence-corrected chi connectivity index (χ3v) is 9.76. The van der Waals surface area contributed by atoms with Crippen LogP contribution in [0.1, 0.15) is 36.9 Å². The van der Waals surface area contributed by atoms with Crippen LogP contribution in [0.2, 0.25) is 0 Å². The van der Waals surface area contributed by atoms with Crippen LogP contribution in [0, 0.1) is 12.7 Å². The highest BCUT2D eigenvalue weighted by molar-refractivity contribution is 7.93. The Hall–Kier alpha value is -4.55. The first-order valence-corrected chi connectivity index (χ1v) is 16.5. The zero-order valence-electron chi connectivity index (χ0n) is 24.9. The van der Waals surface area contributed by atoms with E-state index in [1.54, 1.807) is 59.8 Å². The van der Waals surface area contributed by atoms with Gasteiger partial charge in [0.15, 0.2) is 0 Å². The number of carbonyl (C=O) groups is 1. The van der Waals surface area contributed by atoms with Gasteiger partial charge in [0.25, 0.3) is 0 Å². The number of aromatic nitrogens is 2. The fraction of sp³-hybridized carbons (Fsp3) is 0.303. The summed E-state index contributed by atoms with van der Waals surface area (Å²) in [5.74, 6) is 0.592. The summed E-state index contributed by atoms with van der Waals surface area (Å²) < 4.78 is 46.9. The van der Waals surface area contributed by atoms with Crippen LogP contribution < -0.4 is 19.7 Å². The Labute approximate surface area is 262 Å². The van der Waals surface area contributed by atoms with Crippen LogP contribution in [-0.2, 0) is 16.6 Å². The minimum absolute atomic E-state index is 0.106. The van der Waals surface area contributed by atoms with Gasteiger partial charge in [-0.2, -0.15) is 0 Å². The molecular formula is C33H35FN6O4S. The van der Waals surface area contributed by atoms with Crippen LogP contribution in [0.3, 0.4) is 0 Å². The molecular weight excluding hydrogens is 595 g/mol. The predicted octanol–water partition coefficient (Wildman–Crippen LogP) is 6.32. The van der Waals surface area contributed by atoms with E-state index in [1.807, 2.05) is 25.1 Å². The number of hydrogen-bond acceptors (Lipinski definition) is 7. The van der Waals surface area contributed by atoms with E-state index in [4.69, 9.17) is 4.74 Å². The number of anilines is 3. The zero-order valence-corrected chi connectivity index (χ0v) is 25.7. The van der Waals surface area contributed by atoms with E-state index in [1.165, 1.54) is 12.1 Å². The van der Waals surface area contributed by atoms with Gasteiger partial charge in [-0.15, -0.1) is 0 Å². The van der Waals surface area contributed by atoms with Crippen molar-refractivity contribution in [2.24, 2.45) is 0 Å². The highest BCUT2D eigenvalue weighted by Crippen LogP contribution is 2.31. The van der Waals surface area contributed by atoms with Crippen LogP contribution in [0.15, 0.2) is 85.2 Å². The molecule has 3 heterocycles. The molecule has 1 saturated carbocycles. The Balaban J connectivity index is 1.03. The van der Waals surface area contributed by atoms with Gasteiger partial charge in [-0.05, 0) is 92.8 Å². The lowest BCUT2D eigenvalue weighted by Crippen LogP contribution is -2.49. The smallest absolute Gasteiger partial charge is 0.326 e. The highest BCUT2D eigenvalue weighted by Gasteiger charge is 2.35. The molecule has 1 saturated heterocycles. The largest absolute Gasteiger partial charge is 0.439 e. The summed E-state index contributed by atoms with van der Waals surface area (Å²) in [5.41, 5.74) is 3.47. The molecule has 2 N–H and O–H groups in total. The molecule has 12 heteroatoms. The third-order valence-electron chi connectivity index (χ3n) is 7.89. The predicted molar refractivity (Wildman–Crippen MR) is 171 cm³/mol. The molecule has 0 bridgehead atoms. The number of piperidine rings is 1. The van der Waals surface area contributed by atoms with Crippen molar-refractivity contribution in [2.75, 3.05) is 28.0 Å². The molecule has 0 atom stereocenters. The number of aryl methyl sites for hydroxylation is 1. The van der Waals surface area contributed by atoms with Gasteiger partial charge in [-0.3, -0.25) is 19.5 Å². The van der Waals surface area contributed by atoms with Gasteiger partial charge < -0.3 is 10.1 Å².